The maximum absolute atomic E-state index is 12.1. The minimum absolute atomic E-state index is 0.0752. The molecule has 0 saturated heterocycles. The van der Waals surface area contributed by atoms with E-state index in [0.29, 0.717) is 18.0 Å². The Morgan fingerprint density at radius 2 is 2.24 bits per heavy atom. The molecule has 1 aromatic rings. The highest BCUT2D eigenvalue weighted by molar-refractivity contribution is 5.96. The van der Waals surface area contributed by atoms with Gasteiger partial charge in [0.2, 0.25) is 5.91 Å². The Morgan fingerprint density at radius 1 is 1.52 bits per heavy atom. The topological polar surface area (TPSA) is 73.6 Å². The Balaban J connectivity index is 2.25. The lowest BCUT2D eigenvalue weighted by Gasteiger charge is -2.18. The lowest BCUT2D eigenvalue weighted by Crippen LogP contribution is -2.39. The molecule has 0 saturated carbocycles. The molecule has 116 valence electrons. The van der Waals surface area contributed by atoms with Gasteiger partial charge >= 0.3 is 0 Å². The van der Waals surface area contributed by atoms with E-state index in [-0.39, 0.29) is 17.9 Å². The van der Waals surface area contributed by atoms with E-state index in [9.17, 15) is 4.79 Å². The van der Waals surface area contributed by atoms with E-state index in [2.05, 4.69) is 5.32 Å². The zero-order valence-corrected chi connectivity index (χ0v) is 13.1. The Bertz CT molecular complexity index is 528. The predicted octanol–water partition coefficient (Wildman–Crippen LogP) is 2.33. The first kappa shape index (κ1) is 15.6. The van der Waals surface area contributed by atoms with Crippen LogP contribution in [0.15, 0.2) is 12.1 Å². The van der Waals surface area contributed by atoms with Gasteiger partial charge in [-0.3, -0.25) is 4.79 Å². The molecule has 3 N–H and O–H groups in total. The average molecular weight is 292 g/mol. The minimum atomic E-state index is -0.549. The Hall–Kier alpha value is -1.75. The molecule has 0 aliphatic carbocycles. The summed E-state index contributed by atoms with van der Waals surface area (Å²) >= 11 is 0. The van der Waals surface area contributed by atoms with Gasteiger partial charge in [-0.15, -0.1) is 0 Å². The third-order valence-electron chi connectivity index (χ3n) is 3.58. The number of nitrogens with one attached hydrogen (secondary N) is 1. The van der Waals surface area contributed by atoms with E-state index in [4.69, 9.17) is 15.2 Å². The molecular formula is C16H24N2O3. The van der Waals surface area contributed by atoms with E-state index in [1.54, 1.807) is 0 Å². The maximum atomic E-state index is 12.1. The monoisotopic (exact) mass is 292 g/mol. The van der Waals surface area contributed by atoms with Crippen LogP contribution in [0.5, 0.6) is 11.5 Å². The number of hydrogen-bond acceptors (Lipinski definition) is 4. The summed E-state index contributed by atoms with van der Waals surface area (Å²) in [6.45, 7) is 8.31. The van der Waals surface area contributed by atoms with Gasteiger partial charge in [0.25, 0.3) is 0 Å². The number of anilines is 1. The van der Waals surface area contributed by atoms with Crippen molar-refractivity contribution in [3.05, 3.63) is 17.7 Å². The van der Waals surface area contributed by atoms with Gasteiger partial charge in [-0.2, -0.15) is 0 Å². The summed E-state index contributed by atoms with van der Waals surface area (Å²) in [5.74, 6) is 1.33. The number of fused-ring (bicyclic) bond motifs is 1. The second-order valence-electron chi connectivity index (χ2n) is 5.78. The van der Waals surface area contributed by atoms with Crippen LogP contribution >= 0.6 is 0 Å². The van der Waals surface area contributed by atoms with E-state index >= 15 is 0 Å². The van der Waals surface area contributed by atoms with Crippen molar-refractivity contribution in [2.75, 3.05) is 11.9 Å². The molecule has 5 nitrogen and oxygen atoms in total. The van der Waals surface area contributed by atoms with Gasteiger partial charge < -0.3 is 20.5 Å². The normalized spacial score (nSPS) is 18.1. The summed E-state index contributed by atoms with van der Waals surface area (Å²) in [7, 11) is 0. The lowest BCUT2D eigenvalue weighted by atomic mass is 10.0. The smallest absolute Gasteiger partial charge is 0.241 e. The van der Waals surface area contributed by atoms with E-state index < -0.39 is 6.04 Å². The van der Waals surface area contributed by atoms with Crippen LogP contribution in [0.1, 0.15) is 33.3 Å². The second kappa shape index (κ2) is 6.35. The second-order valence-corrected chi connectivity index (χ2v) is 5.78. The fourth-order valence-electron chi connectivity index (χ4n) is 2.33. The highest BCUT2D eigenvalue weighted by Gasteiger charge is 2.24. The van der Waals surface area contributed by atoms with Crippen LogP contribution in [-0.4, -0.2) is 24.7 Å². The molecule has 1 aromatic carbocycles. The highest BCUT2D eigenvalue weighted by atomic mass is 16.5. The number of amides is 1. The van der Waals surface area contributed by atoms with E-state index in [0.717, 1.165) is 17.7 Å². The van der Waals surface area contributed by atoms with Crippen LogP contribution in [0.25, 0.3) is 0 Å². The summed E-state index contributed by atoms with van der Waals surface area (Å²) in [6.07, 6.45) is 1.01. The third kappa shape index (κ3) is 3.47. The van der Waals surface area contributed by atoms with E-state index in [1.807, 2.05) is 39.8 Å². The molecule has 1 heterocycles. The van der Waals surface area contributed by atoms with Crippen molar-refractivity contribution in [2.24, 2.45) is 11.7 Å². The molecular weight excluding hydrogens is 268 g/mol. The van der Waals surface area contributed by atoms with Gasteiger partial charge in [-0.1, -0.05) is 13.8 Å². The Morgan fingerprint density at radius 3 is 2.86 bits per heavy atom. The molecule has 1 unspecified atom stereocenters. The quantitative estimate of drug-likeness (QED) is 0.873. The van der Waals surface area contributed by atoms with Crippen molar-refractivity contribution in [1.29, 1.82) is 0 Å². The molecule has 0 aromatic heterocycles. The minimum Gasteiger partial charge on any atom is -0.492 e. The first-order valence-electron chi connectivity index (χ1n) is 7.45. The van der Waals surface area contributed by atoms with Crippen LogP contribution in [-0.2, 0) is 11.2 Å². The molecule has 0 radical (unpaired) electrons. The SMILES string of the molecule is CCOc1cc2c(cc1NC(=O)[C@@H](N)C(C)C)OC(C)C2. The molecule has 2 rings (SSSR count). The Labute approximate surface area is 125 Å². The summed E-state index contributed by atoms with van der Waals surface area (Å²) in [6, 6.07) is 3.22. The summed E-state index contributed by atoms with van der Waals surface area (Å²) in [5.41, 5.74) is 7.61. The third-order valence-corrected chi connectivity index (χ3v) is 3.58. The van der Waals surface area contributed by atoms with Gasteiger partial charge in [-0.25, -0.2) is 0 Å². The fraction of sp³-hybridized carbons (Fsp3) is 0.562. The number of benzene rings is 1. The predicted molar refractivity (Wildman–Crippen MR) is 82.8 cm³/mol. The van der Waals surface area contributed by atoms with Gasteiger partial charge in [0.05, 0.1) is 18.3 Å². The molecule has 2 atom stereocenters. The van der Waals surface area contributed by atoms with Crippen LogP contribution in [0.3, 0.4) is 0 Å². The molecule has 0 fully saturated rings. The molecule has 1 amide bonds. The van der Waals surface area contributed by atoms with Crippen LogP contribution in [0, 0.1) is 5.92 Å². The first-order chi connectivity index (χ1) is 9.92. The number of nitrogens with two attached hydrogens (primary N) is 1. The summed E-state index contributed by atoms with van der Waals surface area (Å²) in [5, 5.41) is 2.85. The van der Waals surface area contributed by atoms with Crippen molar-refractivity contribution in [2.45, 2.75) is 46.3 Å². The van der Waals surface area contributed by atoms with Gasteiger partial charge in [-0.05, 0) is 25.8 Å². The van der Waals surface area contributed by atoms with Crippen molar-refractivity contribution in [3.63, 3.8) is 0 Å². The van der Waals surface area contributed by atoms with Crippen LogP contribution in [0.2, 0.25) is 0 Å². The number of carbonyl (C=O) groups is 1. The lowest BCUT2D eigenvalue weighted by molar-refractivity contribution is -0.118. The molecule has 1 aliphatic rings. The van der Waals surface area contributed by atoms with Crippen molar-refractivity contribution >= 4 is 11.6 Å². The first-order valence-corrected chi connectivity index (χ1v) is 7.45. The molecule has 0 spiro atoms. The average Bonchev–Trinajstić information content (AvgIpc) is 2.77. The largest absolute Gasteiger partial charge is 0.492 e. The maximum Gasteiger partial charge on any atom is 0.241 e. The van der Waals surface area contributed by atoms with Crippen molar-refractivity contribution < 1.29 is 14.3 Å². The summed E-state index contributed by atoms with van der Waals surface area (Å²) in [4.78, 5) is 12.1. The molecule has 21 heavy (non-hydrogen) atoms. The van der Waals surface area contributed by atoms with Gasteiger partial charge in [0.1, 0.15) is 17.6 Å². The van der Waals surface area contributed by atoms with Crippen molar-refractivity contribution in [3.8, 4) is 11.5 Å². The molecule has 1 aliphatic heterocycles. The molecule has 0 bridgehead atoms. The Kier molecular flexibility index (Phi) is 4.73. The number of ether oxygens (including phenoxy) is 2. The van der Waals surface area contributed by atoms with Gasteiger partial charge in [0.15, 0.2) is 0 Å². The summed E-state index contributed by atoms with van der Waals surface area (Å²) < 4.78 is 11.4. The number of carbonyl (C=O) groups excluding carboxylic acids is 1. The standard InChI is InChI=1S/C16H24N2O3/c1-5-20-14-7-11-6-10(4)21-13(11)8-12(14)18-16(19)15(17)9(2)3/h7-10,15H,5-6,17H2,1-4H3,(H,18,19)/t10?,15-/m0/s1. The number of hydrogen-bond donors (Lipinski definition) is 2. The fourth-order valence-corrected chi connectivity index (χ4v) is 2.33. The van der Waals surface area contributed by atoms with E-state index in [1.165, 1.54) is 0 Å². The van der Waals surface area contributed by atoms with Crippen LogP contribution < -0.4 is 20.5 Å². The molecule has 5 heteroatoms. The van der Waals surface area contributed by atoms with Crippen LogP contribution in [0.4, 0.5) is 5.69 Å². The van der Waals surface area contributed by atoms with Crippen molar-refractivity contribution in [1.82, 2.24) is 0 Å². The highest BCUT2D eigenvalue weighted by Crippen LogP contribution is 2.38. The number of rotatable bonds is 5. The zero-order valence-electron chi connectivity index (χ0n) is 13.1. The zero-order chi connectivity index (χ0) is 15.6. The van der Waals surface area contributed by atoms with Gasteiger partial charge in [0, 0.05) is 18.1 Å².